The van der Waals surface area contributed by atoms with Crippen molar-refractivity contribution in [2.24, 2.45) is 23.7 Å². The van der Waals surface area contributed by atoms with E-state index in [0.717, 1.165) is 23.7 Å². The quantitative estimate of drug-likeness (QED) is 0.632. The third-order valence-electron chi connectivity index (χ3n) is 2.75. The molecule has 0 saturated heterocycles. The fraction of sp³-hybridized carbons (Fsp3) is 1.00. The van der Waals surface area contributed by atoms with Gasteiger partial charge in [-0.1, -0.05) is 36.7 Å². The Labute approximate surface area is 78.9 Å². The minimum absolute atomic E-state index is 0.876. The van der Waals surface area contributed by atoms with Crippen LogP contribution in [0.1, 0.15) is 33.6 Å². The molecule has 0 bridgehead atoms. The zero-order valence-electron chi connectivity index (χ0n) is 7.81. The highest BCUT2D eigenvalue weighted by molar-refractivity contribution is 9.09. The lowest BCUT2D eigenvalue weighted by Gasteiger charge is -2.12. The van der Waals surface area contributed by atoms with Crippen molar-refractivity contribution in [2.45, 2.75) is 33.6 Å². The van der Waals surface area contributed by atoms with Crippen LogP contribution >= 0.6 is 15.9 Å². The van der Waals surface area contributed by atoms with Crippen LogP contribution in [0.3, 0.4) is 0 Å². The van der Waals surface area contributed by atoms with Crippen molar-refractivity contribution in [2.75, 3.05) is 5.33 Å². The summed E-state index contributed by atoms with van der Waals surface area (Å²) in [6, 6.07) is 0. The Hall–Kier alpha value is 0.480. The molecular formula is C10H19Br. The number of halogens is 1. The molecule has 66 valence electrons. The summed E-state index contributed by atoms with van der Waals surface area (Å²) >= 11 is 3.55. The summed E-state index contributed by atoms with van der Waals surface area (Å²) < 4.78 is 0. The third kappa shape index (κ3) is 2.77. The van der Waals surface area contributed by atoms with Crippen LogP contribution in [0.2, 0.25) is 0 Å². The topological polar surface area (TPSA) is 0 Å². The smallest absolute Gasteiger partial charge is 0.00625 e. The van der Waals surface area contributed by atoms with Crippen LogP contribution in [0, 0.1) is 23.7 Å². The Morgan fingerprint density at radius 3 is 2.36 bits per heavy atom. The summed E-state index contributed by atoms with van der Waals surface area (Å²) in [6.07, 6.45) is 2.88. The summed E-state index contributed by atoms with van der Waals surface area (Å²) in [6.45, 7) is 7.05. The van der Waals surface area contributed by atoms with E-state index in [1.165, 1.54) is 18.2 Å². The molecule has 3 atom stereocenters. The lowest BCUT2D eigenvalue weighted by Crippen LogP contribution is -2.03. The largest absolute Gasteiger partial charge is 0.0925 e. The van der Waals surface area contributed by atoms with Gasteiger partial charge in [0.2, 0.25) is 0 Å². The number of hydrogen-bond donors (Lipinski definition) is 0. The maximum Gasteiger partial charge on any atom is 0.00625 e. The molecule has 0 amide bonds. The second kappa shape index (κ2) is 3.93. The zero-order valence-corrected chi connectivity index (χ0v) is 9.39. The van der Waals surface area contributed by atoms with E-state index in [-0.39, 0.29) is 0 Å². The Balaban J connectivity index is 2.17. The minimum Gasteiger partial charge on any atom is -0.0925 e. The molecule has 0 radical (unpaired) electrons. The van der Waals surface area contributed by atoms with E-state index in [1.54, 1.807) is 0 Å². The first-order chi connectivity index (χ1) is 5.15. The predicted octanol–water partition coefficient (Wildman–Crippen LogP) is 3.70. The van der Waals surface area contributed by atoms with E-state index in [9.17, 15) is 0 Å². The average Bonchev–Trinajstić information content (AvgIpc) is 2.63. The summed E-state index contributed by atoms with van der Waals surface area (Å²) in [7, 11) is 0. The number of alkyl halides is 1. The Bertz CT molecular complexity index is 120. The molecule has 0 aromatic carbocycles. The van der Waals surface area contributed by atoms with Gasteiger partial charge in [0.25, 0.3) is 0 Å². The summed E-state index contributed by atoms with van der Waals surface area (Å²) in [4.78, 5) is 0. The molecule has 1 heteroatoms. The molecule has 1 aliphatic rings. The third-order valence-corrected chi connectivity index (χ3v) is 3.58. The van der Waals surface area contributed by atoms with Crippen molar-refractivity contribution in [3.05, 3.63) is 0 Å². The average molecular weight is 219 g/mol. The highest BCUT2D eigenvalue weighted by atomic mass is 79.9. The van der Waals surface area contributed by atoms with Gasteiger partial charge in [0.1, 0.15) is 0 Å². The fourth-order valence-corrected chi connectivity index (χ4v) is 2.81. The summed E-state index contributed by atoms with van der Waals surface area (Å²) in [5.74, 6) is 3.87. The standard InChI is InChI=1S/C10H19Br/c1-7(2)4-8(3)10-5-9(10)6-11/h7-10H,4-6H2,1-3H3. The lowest BCUT2D eigenvalue weighted by atomic mass is 9.94. The second-order valence-electron chi connectivity index (χ2n) is 4.42. The first-order valence-corrected chi connectivity index (χ1v) is 5.83. The maximum absolute atomic E-state index is 3.55. The van der Waals surface area contributed by atoms with Crippen molar-refractivity contribution < 1.29 is 0 Å². The van der Waals surface area contributed by atoms with Crippen LogP contribution in [-0.4, -0.2) is 5.33 Å². The molecule has 0 nitrogen and oxygen atoms in total. The lowest BCUT2D eigenvalue weighted by molar-refractivity contribution is 0.386. The molecular weight excluding hydrogens is 200 g/mol. The van der Waals surface area contributed by atoms with Crippen molar-refractivity contribution in [3.63, 3.8) is 0 Å². The van der Waals surface area contributed by atoms with E-state index < -0.39 is 0 Å². The minimum atomic E-state index is 0.876. The molecule has 1 rings (SSSR count). The van der Waals surface area contributed by atoms with E-state index in [0.29, 0.717) is 0 Å². The first-order valence-electron chi connectivity index (χ1n) is 4.71. The Kier molecular flexibility index (Phi) is 3.42. The van der Waals surface area contributed by atoms with Crippen LogP contribution < -0.4 is 0 Å². The summed E-state index contributed by atoms with van der Waals surface area (Å²) in [5, 5.41) is 1.22. The van der Waals surface area contributed by atoms with Gasteiger partial charge in [0, 0.05) is 5.33 Å². The fourth-order valence-electron chi connectivity index (χ4n) is 2.06. The van der Waals surface area contributed by atoms with Gasteiger partial charge in [0.05, 0.1) is 0 Å². The zero-order chi connectivity index (χ0) is 8.43. The molecule has 1 fully saturated rings. The van der Waals surface area contributed by atoms with Gasteiger partial charge in [-0.2, -0.15) is 0 Å². The maximum atomic E-state index is 3.55. The van der Waals surface area contributed by atoms with Crippen LogP contribution in [0.15, 0.2) is 0 Å². The van der Waals surface area contributed by atoms with E-state index in [2.05, 4.69) is 36.7 Å². The molecule has 0 spiro atoms. The highest BCUT2D eigenvalue weighted by Gasteiger charge is 2.39. The van der Waals surface area contributed by atoms with Crippen molar-refractivity contribution in [3.8, 4) is 0 Å². The molecule has 0 aromatic rings. The van der Waals surface area contributed by atoms with E-state index >= 15 is 0 Å². The Morgan fingerprint density at radius 1 is 1.36 bits per heavy atom. The van der Waals surface area contributed by atoms with Gasteiger partial charge >= 0.3 is 0 Å². The first kappa shape index (κ1) is 9.57. The van der Waals surface area contributed by atoms with Crippen LogP contribution in [0.4, 0.5) is 0 Å². The SMILES string of the molecule is CC(C)CC(C)C1CC1CBr. The van der Waals surface area contributed by atoms with Crippen molar-refractivity contribution in [1.29, 1.82) is 0 Å². The molecule has 0 aliphatic heterocycles. The number of rotatable bonds is 4. The van der Waals surface area contributed by atoms with Crippen LogP contribution in [0.5, 0.6) is 0 Å². The molecule has 0 heterocycles. The normalized spacial score (nSPS) is 32.5. The molecule has 1 aliphatic carbocycles. The van der Waals surface area contributed by atoms with E-state index in [1.807, 2.05) is 0 Å². The monoisotopic (exact) mass is 218 g/mol. The van der Waals surface area contributed by atoms with Gasteiger partial charge in [-0.3, -0.25) is 0 Å². The molecule has 11 heavy (non-hydrogen) atoms. The molecule has 0 N–H and O–H groups in total. The molecule has 0 aromatic heterocycles. The number of hydrogen-bond acceptors (Lipinski definition) is 0. The van der Waals surface area contributed by atoms with Crippen LogP contribution in [-0.2, 0) is 0 Å². The highest BCUT2D eigenvalue weighted by Crippen LogP contribution is 2.46. The van der Waals surface area contributed by atoms with Gasteiger partial charge in [-0.25, -0.2) is 0 Å². The Morgan fingerprint density at radius 2 is 2.00 bits per heavy atom. The molecule has 1 saturated carbocycles. The van der Waals surface area contributed by atoms with Gasteiger partial charge < -0.3 is 0 Å². The predicted molar refractivity (Wildman–Crippen MR) is 54.0 cm³/mol. The van der Waals surface area contributed by atoms with Crippen LogP contribution in [0.25, 0.3) is 0 Å². The van der Waals surface area contributed by atoms with Crippen molar-refractivity contribution in [1.82, 2.24) is 0 Å². The van der Waals surface area contributed by atoms with Gasteiger partial charge in [-0.05, 0) is 36.5 Å². The van der Waals surface area contributed by atoms with Gasteiger partial charge in [0.15, 0.2) is 0 Å². The summed E-state index contributed by atoms with van der Waals surface area (Å²) in [5.41, 5.74) is 0. The molecule has 3 unspecified atom stereocenters. The van der Waals surface area contributed by atoms with Crippen molar-refractivity contribution >= 4 is 15.9 Å². The second-order valence-corrected chi connectivity index (χ2v) is 5.07. The van der Waals surface area contributed by atoms with E-state index in [4.69, 9.17) is 0 Å². The van der Waals surface area contributed by atoms with Gasteiger partial charge in [-0.15, -0.1) is 0 Å².